The summed E-state index contributed by atoms with van der Waals surface area (Å²) in [6, 6.07) is 6.67. The first-order chi connectivity index (χ1) is 12.9. The summed E-state index contributed by atoms with van der Waals surface area (Å²) in [6.45, 7) is 0.844. The smallest absolute Gasteiger partial charge is 0.274 e. The highest BCUT2D eigenvalue weighted by atomic mass is 35.5. The maximum Gasteiger partial charge on any atom is 0.274 e. The summed E-state index contributed by atoms with van der Waals surface area (Å²) in [5, 5.41) is 13.7. The van der Waals surface area contributed by atoms with Crippen molar-refractivity contribution in [2.45, 2.75) is 6.92 Å². The number of nitrogens with zero attached hydrogens (tertiary/aromatic N) is 2. The molecule has 0 spiro atoms. The van der Waals surface area contributed by atoms with Crippen molar-refractivity contribution in [2.24, 2.45) is 0 Å². The minimum atomic E-state index is -3.91. The lowest BCUT2D eigenvalue weighted by Crippen LogP contribution is -2.37. The van der Waals surface area contributed by atoms with E-state index < -0.39 is 27.4 Å². The predicted octanol–water partition coefficient (Wildman–Crippen LogP) is 4.27. The molecule has 28 heavy (non-hydrogen) atoms. The molecule has 1 N–H and O–H groups in total. The van der Waals surface area contributed by atoms with E-state index in [2.05, 4.69) is 5.32 Å². The van der Waals surface area contributed by atoms with Gasteiger partial charge in [-0.25, -0.2) is 8.42 Å². The van der Waals surface area contributed by atoms with Crippen LogP contribution in [0.25, 0.3) is 0 Å². The van der Waals surface area contributed by atoms with Gasteiger partial charge >= 0.3 is 0 Å². The quantitative estimate of drug-likeness (QED) is 0.388. The monoisotopic (exact) mass is 465 g/mol. The van der Waals surface area contributed by atoms with Gasteiger partial charge in [0.05, 0.1) is 43.2 Å². The molecule has 0 aliphatic carbocycles. The molecular formula is C16H14Cl3N3O5S. The second kappa shape index (κ2) is 8.52. The van der Waals surface area contributed by atoms with Gasteiger partial charge in [0.2, 0.25) is 15.9 Å². The van der Waals surface area contributed by atoms with Crippen LogP contribution < -0.4 is 9.62 Å². The van der Waals surface area contributed by atoms with Crippen LogP contribution in [0, 0.1) is 17.0 Å². The third kappa shape index (κ3) is 5.05. The van der Waals surface area contributed by atoms with Gasteiger partial charge in [-0.1, -0.05) is 40.9 Å². The van der Waals surface area contributed by atoms with Crippen molar-refractivity contribution in [3.05, 3.63) is 61.1 Å². The molecular weight excluding hydrogens is 453 g/mol. The number of anilines is 2. The van der Waals surface area contributed by atoms with Crippen molar-refractivity contribution in [3.63, 3.8) is 0 Å². The van der Waals surface area contributed by atoms with Crippen molar-refractivity contribution in [2.75, 3.05) is 22.4 Å². The lowest BCUT2D eigenvalue weighted by molar-refractivity contribution is -0.385. The fourth-order valence-corrected chi connectivity index (χ4v) is 3.91. The largest absolute Gasteiger partial charge is 0.324 e. The Morgan fingerprint density at radius 3 is 2.36 bits per heavy atom. The number of nitrogens with one attached hydrogen (secondary N) is 1. The van der Waals surface area contributed by atoms with E-state index in [9.17, 15) is 23.3 Å². The molecule has 0 aromatic heterocycles. The van der Waals surface area contributed by atoms with E-state index in [-0.39, 0.29) is 37.7 Å². The number of amides is 1. The van der Waals surface area contributed by atoms with Gasteiger partial charge in [0.15, 0.2) is 0 Å². The number of benzene rings is 2. The number of carbonyl (C=O) groups excluding carboxylic acids is 1. The molecule has 0 saturated carbocycles. The Balaban J connectivity index is 2.35. The van der Waals surface area contributed by atoms with Gasteiger partial charge in [-0.15, -0.1) is 0 Å². The normalized spacial score (nSPS) is 11.2. The summed E-state index contributed by atoms with van der Waals surface area (Å²) in [5.74, 6) is -0.726. The first kappa shape index (κ1) is 22.2. The summed E-state index contributed by atoms with van der Waals surface area (Å²) in [5.41, 5.74) is 0.224. The second-order valence-electron chi connectivity index (χ2n) is 5.74. The number of halogens is 3. The summed E-state index contributed by atoms with van der Waals surface area (Å²) in [4.78, 5) is 22.9. The van der Waals surface area contributed by atoms with Crippen LogP contribution >= 0.6 is 34.8 Å². The van der Waals surface area contributed by atoms with Crippen LogP contribution in [-0.4, -0.2) is 32.0 Å². The number of nitro groups is 1. The van der Waals surface area contributed by atoms with Gasteiger partial charge in [-0.05, 0) is 25.1 Å². The van der Waals surface area contributed by atoms with Crippen LogP contribution in [0.1, 0.15) is 5.56 Å². The maximum atomic E-state index is 12.5. The van der Waals surface area contributed by atoms with Crippen molar-refractivity contribution in [3.8, 4) is 0 Å². The van der Waals surface area contributed by atoms with Crippen molar-refractivity contribution >= 4 is 67.8 Å². The van der Waals surface area contributed by atoms with E-state index in [1.165, 1.54) is 37.3 Å². The molecule has 0 unspecified atom stereocenters. The molecule has 8 nitrogen and oxygen atoms in total. The third-order valence-corrected chi connectivity index (χ3v) is 5.87. The van der Waals surface area contributed by atoms with E-state index in [1.807, 2.05) is 0 Å². The fraction of sp³-hybridized carbons (Fsp3) is 0.188. The van der Waals surface area contributed by atoms with Crippen LogP contribution in [0.2, 0.25) is 15.1 Å². The lowest BCUT2D eigenvalue weighted by Gasteiger charge is -2.23. The molecule has 0 aliphatic rings. The Morgan fingerprint density at radius 2 is 1.79 bits per heavy atom. The molecule has 12 heteroatoms. The SMILES string of the molecule is Cc1c(NC(=O)CN(c2cc(Cl)c(Cl)cc2Cl)S(C)(=O)=O)cccc1[N+](=O)[O-]. The van der Waals surface area contributed by atoms with Gasteiger partial charge in [-0.3, -0.25) is 19.2 Å². The van der Waals surface area contributed by atoms with Gasteiger partial charge in [0, 0.05) is 6.07 Å². The Kier molecular flexibility index (Phi) is 6.76. The van der Waals surface area contributed by atoms with Crippen LogP contribution in [0.5, 0.6) is 0 Å². The van der Waals surface area contributed by atoms with Crippen LogP contribution in [0.4, 0.5) is 17.1 Å². The molecule has 1 amide bonds. The number of hydrogen-bond donors (Lipinski definition) is 1. The number of rotatable bonds is 6. The minimum absolute atomic E-state index is 0.0147. The predicted molar refractivity (Wildman–Crippen MR) is 110 cm³/mol. The Hall–Kier alpha value is -2.07. The Labute approximate surface area is 176 Å². The Morgan fingerprint density at radius 1 is 1.18 bits per heavy atom. The maximum absolute atomic E-state index is 12.5. The number of sulfonamides is 1. The number of carbonyl (C=O) groups is 1. The standard InChI is InChI=1S/C16H14Cl3N3O5S/c1-9-13(4-3-5-14(9)22(24)25)20-16(23)8-21(28(2,26)27)15-7-11(18)10(17)6-12(15)19/h3-7H,8H2,1-2H3,(H,20,23). The first-order valence-electron chi connectivity index (χ1n) is 7.58. The molecule has 150 valence electrons. The number of nitro benzene ring substituents is 1. The highest BCUT2D eigenvalue weighted by Crippen LogP contribution is 2.35. The molecule has 2 aromatic rings. The minimum Gasteiger partial charge on any atom is -0.324 e. The fourth-order valence-electron chi connectivity index (χ4n) is 2.36. The van der Waals surface area contributed by atoms with Gasteiger partial charge in [-0.2, -0.15) is 0 Å². The molecule has 2 aromatic carbocycles. The van der Waals surface area contributed by atoms with Crippen LogP contribution in [-0.2, 0) is 14.8 Å². The average Bonchev–Trinajstić information content (AvgIpc) is 2.57. The van der Waals surface area contributed by atoms with Crippen molar-refractivity contribution in [1.29, 1.82) is 0 Å². The molecule has 0 aliphatic heterocycles. The second-order valence-corrected chi connectivity index (χ2v) is 8.87. The summed E-state index contributed by atoms with van der Waals surface area (Å²) >= 11 is 17.9. The summed E-state index contributed by atoms with van der Waals surface area (Å²) < 4.78 is 25.2. The van der Waals surface area contributed by atoms with Gasteiger partial charge < -0.3 is 5.32 Å². The van der Waals surface area contributed by atoms with Crippen LogP contribution in [0.3, 0.4) is 0 Å². The Bertz CT molecular complexity index is 1060. The molecule has 0 atom stereocenters. The van der Waals surface area contributed by atoms with Gasteiger partial charge in [0.25, 0.3) is 5.69 Å². The highest BCUT2D eigenvalue weighted by molar-refractivity contribution is 7.92. The molecule has 2 rings (SSSR count). The van der Waals surface area contributed by atoms with E-state index in [0.29, 0.717) is 0 Å². The van der Waals surface area contributed by atoms with E-state index in [4.69, 9.17) is 34.8 Å². The zero-order chi connectivity index (χ0) is 21.2. The van der Waals surface area contributed by atoms with Crippen LogP contribution in [0.15, 0.2) is 30.3 Å². The van der Waals surface area contributed by atoms with E-state index in [0.717, 1.165) is 10.6 Å². The van der Waals surface area contributed by atoms with Crippen molar-refractivity contribution < 1.29 is 18.1 Å². The third-order valence-electron chi connectivity index (χ3n) is 3.72. The lowest BCUT2D eigenvalue weighted by atomic mass is 10.1. The van der Waals surface area contributed by atoms with E-state index >= 15 is 0 Å². The summed E-state index contributed by atoms with van der Waals surface area (Å²) in [6.07, 6.45) is 0.901. The number of hydrogen-bond acceptors (Lipinski definition) is 5. The van der Waals surface area contributed by atoms with E-state index in [1.54, 1.807) is 0 Å². The van der Waals surface area contributed by atoms with Crippen molar-refractivity contribution in [1.82, 2.24) is 0 Å². The topological polar surface area (TPSA) is 110 Å². The zero-order valence-electron chi connectivity index (χ0n) is 14.6. The van der Waals surface area contributed by atoms with Gasteiger partial charge in [0.1, 0.15) is 6.54 Å². The molecule has 0 fully saturated rings. The first-order valence-corrected chi connectivity index (χ1v) is 10.6. The molecule has 0 heterocycles. The molecule has 0 radical (unpaired) electrons. The highest BCUT2D eigenvalue weighted by Gasteiger charge is 2.25. The average molecular weight is 467 g/mol. The molecule has 0 saturated heterocycles. The zero-order valence-corrected chi connectivity index (χ0v) is 17.7. The molecule has 0 bridgehead atoms. The summed E-state index contributed by atoms with van der Waals surface area (Å²) in [7, 11) is -3.91.